The van der Waals surface area contributed by atoms with Crippen LogP contribution in [0.25, 0.3) is 10.2 Å². The number of thiazole rings is 1. The highest BCUT2D eigenvalue weighted by Crippen LogP contribution is 2.19. The summed E-state index contributed by atoms with van der Waals surface area (Å²) in [6.07, 6.45) is 3.92. The van der Waals surface area contributed by atoms with Crippen LogP contribution in [0.5, 0.6) is 0 Å². The van der Waals surface area contributed by atoms with Gasteiger partial charge in [0, 0.05) is 20.0 Å². The van der Waals surface area contributed by atoms with Crippen molar-refractivity contribution < 1.29 is 9.59 Å². The molecular weight excluding hydrogens is 336 g/mol. The number of para-hydroxylation sites is 1. The monoisotopic (exact) mass is 360 g/mol. The average Bonchev–Trinajstić information content (AvgIpc) is 2.96. The SMILES string of the molecule is CCCC(=O)N1CCCCC1C(=O)N/N=c1/sc2ccccc2n1C. The van der Waals surface area contributed by atoms with E-state index in [-0.39, 0.29) is 11.8 Å². The van der Waals surface area contributed by atoms with Crippen LogP contribution in [0.2, 0.25) is 0 Å². The first-order valence-corrected chi connectivity index (χ1v) is 9.61. The van der Waals surface area contributed by atoms with Gasteiger partial charge in [-0.25, -0.2) is 5.43 Å². The summed E-state index contributed by atoms with van der Waals surface area (Å²) in [6.45, 7) is 2.64. The van der Waals surface area contributed by atoms with E-state index in [1.165, 1.54) is 11.3 Å². The molecule has 0 saturated carbocycles. The highest BCUT2D eigenvalue weighted by Gasteiger charge is 2.31. The van der Waals surface area contributed by atoms with Crippen LogP contribution < -0.4 is 10.2 Å². The Kier molecular flexibility index (Phi) is 5.53. The third-order valence-electron chi connectivity index (χ3n) is 4.57. The molecule has 1 aromatic heterocycles. The average molecular weight is 360 g/mol. The number of carbonyl (C=O) groups excluding carboxylic acids is 2. The Balaban J connectivity index is 1.78. The fraction of sp³-hybridized carbons (Fsp3) is 0.500. The predicted molar refractivity (Wildman–Crippen MR) is 98.8 cm³/mol. The van der Waals surface area contributed by atoms with E-state index >= 15 is 0 Å². The van der Waals surface area contributed by atoms with Gasteiger partial charge in [0.1, 0.15) is 6.04 Å². The molecule has 0 radical (unpaired) electrons. The molecule has 7 heteroatoms. The van der Waals surface area contributed by atoms with E-state index in [0.29, 0.717) is 19.4 Å². The number of benzene rings is 1. The molecule has 3 rings (SSSR count). The maximum atomic E-state index is 12.6. The van der Waals surface area contributed by atoms with E-state index in [9.17, 15) is 9.59 Å². The number of rotatable bonds is 4. The number of fused-ring (bicyclic) bond motifs is 1. The van der Waals surface area contributed by atoms with Crippen molar-refractivity contribution in [2.45, 2.75) is 45.1 Å². The molecule has 6 nitrogen and oxygen atoms in total. The number of nitrogens with zero attached hydrogens (tertiary/aromatic N) is 3. The van der Waals surface area contributed by atoms with Gasteiger partial charge in [0.05, 0.1) is 10.2 Å². The molecule has 1 fully saturated rings. The molecule has 2 aromatic rings. The second kappa shape index (κ2) is 7.82. The number of aryl methyl sites for hydroxylation is 1. The van der Waals surface area contributed by atoms with Crippen molar-refractivity contribution >= 4 is 33.4 Å². The lowest BCUT2D eigenvalue weighted by molar-refractivity contribution is -0.142. The molecule has 1 aromatic carbocycles. The first kappa shape index (κ1) is 17.7. The summed E-state index contributed by atoms with van der Waals surface area (Å²) in [6, 6.07) is 7.62. The van der Waals surface area contributed by atoms with Crippen molar-refractivity contribution in [3.8, 4) is 0 Å². The summed E-state index contributed by atoms with van der Waals surface area (Å²) in [4.78, 5) is 27.3. The van der Waals surface area contributed by atoms with Crippen LogP contribution in [-0.4, -0.2) is 33.9 Å². The topological polar surface area (TPSA) is 66.7 Å². The lowest BCUT2D eigenvalue weighted by Gasteiger charge is -2.34. The van der Waals surface area contributed by atoms with Gasteiger partial charge < -0.3 is 9.47 Å². The normalized spacial score (nSPS) is 18.6. The molecule has 0 bridgehead atoms. The van der Waals surface area contributed by atoms with Gasteiger partial charge in [-0.05, 0) is 37.8 Å². The van der Waals surface area contributed by atoms with E-state index in [0.717, 1.165) is 34.3 Å². The first-order valence-electron chi connectivity index (χ1n) is 8.79. The van der Waals surface area contributed by atoms with Crippen molar-refractivity contribution in [1.82, 2.24) is 14.9 Å². The number of piperidine rings is 1. The second-order valence-electron chi connectivity index (χ2n) is 6.35. The molecular formula is C18H24N4O2S. The third kappa shape index (κ3) is 3.76. The quantitative estimate of drug-likeness (QED) is 0.851. The number of nitrogens with one attached hydrogen (secondary N) is 1. The molecule has 1 atom stereocenters. The summed E-state index contributed by atoms with van der Waals surface area (Å²) in [7, 11) is 1.93. The van der Waals surface area contributed by atoms with Crippen LogP contribution in [0, 0.1) is 0 Å². The van der Waals surface area contributed by atoms with E-state index in [2.05, 4.69) is 10.5 Å². The van der Waals surface area contributed by atoms with Gasteiger partial charge in [0.15, 0.2) is 0 Å². The van der Waals surface area contributed by atoms with Gasteiger partial charge in [0.2, 0.25) is 10.7 Å². The van der Waals surface area contributed by atoms with Crippen LogP contribution in [0.4, 0.5) is 0 Å². The minimum atomic E-state index is -0.406. The fourth-order valence-electron chi connectivity index (χ4n) is 3.23. The Morgan fingerprint density at radius 3 is 2.88 bits per heavy atom. The van der Waals surface area contributed by atoms with Gasteiger partial charge >= 0.3 is 0 Å². The first-order chi connectivity index (χ1) is 12.1. The van der Waals surface area contributed by atoms with Crippen LogP contribution >= 0.6 is 11.3 Å². The van der Waals surface area contributed by atoms with Crippen LogP contribution in [0.3, 0.4) is 0 Å². The Morgan fingerprint density at radius 1 is 1.32 bits per heavy atom. The van der Waals surface area contributed by atoms with Crippen LogP contribution in [0.15, 0.2) is 29.4 Å². The van der Waals surface area contributed by atoms with Crippen molar-refractivity contribution in [3.05, 3.63) is 29.1 Å². The summed E-state index contributed by atoms with van der Waals surface area (Å²) in [5.41, 5.74) is 3.76. The Hall–Kier alpha value is -2.15. The summed E-state index contributed by atoms with van der Waals surface area (Å²) < 4.78 is 3.08. The van der Waals surface area contributed by atoms with Crippen LogP contribution in [-0.2, 0) is 16.6 Å². The van der Waals surface area contributed by atoms with Crippen molar-refractivity contribution in [2.75, 3.05) is 6.54 Å². The Bertz CT molecular complexity index is 839. The molecule has 0 spiro atoms. The molecule has 25 heavy (non-hydrogen) atoms. The third-order valence-corrected chi connectivity index (χ3v) is 5.68. The predicted octanol–water partition coefficient (Wildman–Crippen LogP) is 2.35. The van der Waals surface area contributed by atoms with E-state index in [1.54, 1.807) is 4.90 Å². The van der Waals surface area contributed by atoms with Gasteiger partial charge in [-0.15, -0.1) is 5.10 Å². The maximum absolute atomic E-state index is 12.6. The van der Waals surface area contributed by atoms with E-state index in [4.69, 9.17) is 0 Å². The molecule has 1 aliphatic rings. The van der Waals surface area contributed by atoms with Crippen LogP contribution in [0.1, 0.15) is 39.0 Å². The number of hydrogen-bond donors (Lipinski definition) is 1. The minimum Gasteiger partial charge on any atom is -0.331 e. The molecule has 2 heterocycles. The summed E-state index contributed by atoms with van der Waals surface area (Å²) >= 11 is 1.53. The van der Waals surface area contributed by atoms with Gasteiger partial charge in [-0.3, -0.25) is 9.59 Å². The number of aromatic nitrogens is 1. The van der Waals surface area contributed by atoms with Crippen molar-refractivity contribution in [2.24, 2.45) is 12.1 Å². The van der Waals surface area contributed by atoms with Gasteiger partial charge in [0.25, 0.3) is 5.91 Å². The number of amides is 2. The van der Waals surface area contributed by atoms with Crippen molar-refractivity contribution in [1.29, 1.82) is 0 Å². The number of carbonyl (C=O) groups is 2. The molecule has 1 N–H and O–H groups in total. The second-order valence-corrected chi connectivity index (χ2v) is 7.36. The fourth-order valence-corrected chi connectivity index (χ4v) is 4.21. The zero-order valence-electron chi connectivity index (χ0n) is 14.7. The smallest absolute Gasteiger partial charge is 0.262 e. The lowest BCUT2D eigenvalue weighted by atomic mass is 10.0. The Labute approximate surface area is 151 Å². The molecule has 2 amide bonds. The van der Waals surface area contributed by atoms with E-state index < -0.39 is 6.04 Å². The molecule has 1 saturated heterocycles. The Morgan fingerprint density at radius 2 is 2.12 bits per heavy atom. The zero-order chi connectivity index (χ0) is 17.8. The highest BCUT2D eigenvalue weighted by molar-refractivity contribution is 7.16. The summed E-state index contributed by atoms with van der Waals surface area (Å²) in [5, 5.41) is 4.30. The maximum Gasteiger partial charge on any atom is 0.262 e. The van der Waals surface area contributed by atoms with Crippen molar-refractivity contribution in [3.63, 3.8) is 0 Å². The van der Waals surface area contributed by atoms with Gasteiger partial charge in [-0.1, -0.05) is 30.4 Å². The minimum absolute atomic E-state index is 0.0646. The molecule has 134 valence electrons. The highest BCUT2D eigenvalue weighted by atomic mass is 32.1. The zero-order valence-corrected chi connectivity index (χ0v) is 15.5. The largest absolute Gasteiger partial charge is 0.331 e. The molecule has 1 unspecified atom stereocenters. The number of likely N-dealkylation sites (tertiary alicyclic amines) is 1. The number of hydrogen-bond acceptors (Lipinski definition) is 4. The molecule has 1 aliphatic heterocycles. The van der Waals surface area contributed by atoms with Gasteiger partial charge in [-0.2, -0.15) is 0 Å². The van der Waals surface area contributed by atoms with E-state index in [1.807, 2.05) is 42.8 Å². The standard InChI is InChI=1S/C18H24N4O2S/c1-3-8-16(23)22-12-7-6-10-14(22)17(24)19-20-18-21(2)13-9-4-5-11-15(13)25-18/h4-5,9,11,14H,3,6-8,10,12H2,1-2H3,(H,19,24)/b20-18+. The summed E-state index contributed by atoms with van der Waals surface area (Å²) in [5.74, 6) is -0.128. The molecule has 0 aliphatic carbocycles. The lowest BCUT2D eigenvalue weighted by Crippen LogP contribution is -2.51.